The lowest BCUT2D eigenvalue weighted by Gasteiger charge is -2.09. The van der Waals surface area contributed by atoms with Crippen molar-refractivity contribution in [2.45, 2.75) is 25.3 Å². The molecule has 1 aliphatic rings. The minimum atomic E-state index is -0.944. The Morgan fingerprint density at radius 1 is 1.46 bits per heavy atom. The Morgan fingerprint density at radius 2 is 2.15 bits per heavy atom. The van der Waals surface area contributed by atoms with Gasteiger partial charge >= 0.3 is 11.9 Å². The van der Waals surface area contributed by atoms with Crippen molar-refractivity contribution in [2.75, 3.05) is 7.11 Å². The van der Waals surface area contributed by atoms with E-state index >= 15 is 0 Å². The van der Waals surface area contributed by atoms with Crippen LogP contribution in [0.3, 0.4) is 0 Å². The molecule has 0 N–H and O–H groups in total. The number of ether oxygens (including phenoxy) is 1. The number of cyclic esters (lactones) is 2. The molecule has 1 heterocycles. The number of hydrogen-bond acceptors (Lipinski definition) is 4. The third-order valence-electron chi connectivity index (χ3n) is 2.24. The standard InChI is InChI=1S/C8H14O4Si/c1-3-4-5-6(13-11-2)8(10)12-7(5)9/h5-6H,3-4,13H2,1-2H3. The molecule has 1 aliphatic heterocycles. The Kier molecular flexibility index (Phi) is 3.62. The second kappa shape index (κ2) is 4.52. The summed E-state index contributed by atoms with van der Waals surface area (Å²) in [5.41, 5.74) is -0.252. The minimum Gasteiger partial charge on any atom is -0.426 e. The van der Waals surface area contributed by atoms with Crippen molar-refractivity contribution in [3.63, 3.8) is 0 Å². The van der Waals surface area contributed by atoms with Gasteiger partial charge in [-0.3, -0.25) is 9.59 Å². The van der Waals surface area contributed by atoms with Crippen LogP contribution >= 0.6 is 0 Å². The van der Waals surface area contributed by atoms with Gasteiger partial charge in [0.1, 0.15) is 0 Å². The van der Waals surface area contributed by atoms with E-state index in [9.17, 15) is 9.59 Å². The van der Waals surface area contributed by atoms with Gasteiger partial charge in [0.25, 0.3) is 0 Å². The lowest BCUT2D eigenvalue weighted by Crippen LogP contribution is -2.19. The summed E-state index contributed by atoms with van der Waals surface area (Å²) in [5, 5.41) is 0. The van der Waals surface area contributed by atoms with Gasteiger partial charge in [-0.15, -0.1) is 0 Å². The van der Waals surface area contributed by atoms with Crippen LogP contribution in [0, 0.1) is 5.92 Å². The van der Waals surface area contributed by atoms with E-state index < -0.39 is 9.76 Å². The fourth-order valence-electron chi connectivity index (χ4n) is 1.57. The quantitative estimate of drug-likeness (QED) is 0.366. The van der Waals surface area contributed by atoms with Crippen LogP contribution in [0.2, 0.25) is 5.54 Å². The molecule has 2 unspecified atom stereocenters. The maximum Gasteiger partial charge on any atom is 0.317 e. The van der Waals surface area contributed by atoms with Gasteiger partial charge in [-0.05, 0) is 6.42 Å². The Bertz CT molecular complexity index is 194. The Balaban J connectivity index is 2.65. The predicted octanol–water partition coefficient (Wildman–Crippen LogP) is 0.00480. The van der Waals surface area contributed by atoms with E-state index in [1.54, 1.807) is 7.11 Å². The number of carbonyl (C=O) groups excluding carboxylic acids is 2. The molecular formula is C8H14O4Si. The van der Waals surface area contributed by atoms with Gasteiger partial charge in [0, 0.05) is 7.11 Å². The second-order valence-corrected chi connectivity index (χ2v) is 4.99. The zero-order valence-corrected chi connectivity index (χ0v) is 9.32. The SMILES string of the molecule is CCCC1C(=O)OC(=O)C1[SiH2]OC. The first kappa shape index (κ1) is 10.4. The normalized spacial score (nSPS) is 28.8. The molecule has 0 amide bonds. The molecule has 0 aromatic carbocycles. The summed E-state index contributed by atoms with van der Waals surface area (Å²) in [7, 11) is 0.630. The average Bonchev–Trinajstić information content (AvgIpc) is 2.33. The van der Waals surface area contributed by atoms with E-state index in [0.717, 1.165) is 12.8 Å². The molecule has 0 aromatic rings. The first-order valence-corrected chi connectivity index (χ1v) is 5.84. The van der Waals surface area contributed by atoms with Gasteiger partial charge in [0.05, 0.1) is 11.5 Å². The lowest BCUT2D eigenvalue weighted by molar-refractivity contribution is -0.153. The summed E-state index contributed by atoms with van der Waals surface area (Å²) >= 11 is 0. The maximum absolute atomic E-state index is 11.2. The number of rotatable bonds is 4. The summed E-state index contributed by atoms with van der Waals surface area (Å²) in [4.78, 5) is 22.4. The monoisotopic (exact) mass is 202 g/mol. The van der Waals surface area contributed by atoms with Crippen molar-refractivity contribution in [1.82, 2.24) is 0 Å². The van der Waals surface area contributed by atoms with Crippen LogP contribution in [0.5, 0.6) is 0 Å². The van der Waals surface area contributed by atoms with Crippen molar-refractivity contribution in [3.05, 3.63) is 0 Å². The Hall–Kier alpha value is -0.683. The summed E-state index contributed by atoms with van der Waals surface area (Å²) < 4.78 is 9.58. The van der Waals surface area contributed by atoms with E-state index in [4.69, 9.17) is 4.43 Å². The van der Waals surface area contributed by atoms with E-state index in [1.807, 2.05) is 6.92 Å². The van der Waals surface area contributed by atoms with Gasteiger partial charge in [-0.1, -0.05) is 13.3 Å². The first-order chi connectivity index (χ1) is 6.20. The largest absolute Gasteiger partial charge is 0.426 e. The molecular weight excluding hydrogens is 188 g/mol. The summed E-state index contributed by atoms with van der Waals surface area (Å²) in [6.45, 7) is 1.99. The lowest BCUT2D eigenvalue weighted by atomic mass is 10.0. The topological polar surface area (TPSA) is 52.6 Å². The number of hydrogen-bond donors (Lipinski definition) is 0. The molecule has 0 spiro atoms. The summed E-state index contributed by atoms with van der Waals surface area (Å²) in [6.07, 6.45) is 1.62. The minimum absolute atomic E-state index is 0.232. The van der Waals surface area contributed by atoms with E-state index in [0.29, 0.717) is 0 Å². The van der Waals surface area contributed by atoms with Crippen LogP contribution in [-0.4, -0.2) is 28.8 Å². The molecule has 0 aromatic heterocycles. The highest BCUT2D eigenvalue weighted by Gasteiger charge is 2.43. The highest BCUT2D eigenvalue weighted by Crippen LogP contribution is 2.31. The van der Waals surface area contributed by atoms with Crippen molar-refractivity contribution in [1.29, 1.82) is 0 Å². The van der Waals surface area contributed by atoms with Crippen molar-refractivity contribution in [3.8, 4) is 0 Å². The van der Waals surface area contributed by atoms with Gasteiger partial charge in [0.2, 0.25) is 0 Å². The third-order valence-corrected chi connectivity index (χ3v) is 3.83. The van der Waals surface area contributed by atoms with Crippen LogP contribution in [-0.2, 0) is 18.8 Å². The molecule has 0 bridgehead atoms. The highest BCUT2D eigenvalue weighted by molar-refractivity contribution is 6.39. The van der Waals surface area contributed by atoms with Crippen LogP contribution in [0.1, 0.15) is 19.8 Å². The highest BCUT2D eigenvalue weighted by atomic mass is 28.2. The Labute approximate surface area is 79.5 Å². The summed E-state index contributed by atoms with van der Waals surface area (Å²) in [6, 6.07) is 0. The third kappa shape index (κ3) is 2.16. The fraction of sp³-hybridized carbons (Fsp3) is 0.750. The second-order valence-electron chi connectivity index (χ2n) is 3.20. The molecule has 1 fully saturated rings. The molecule has 0 aliphatic carbocycles. The van der Waals surface area contributed by atoms with Gasteiger partial charge < -0.3 is 9.16 Å². The Morgan fingerprint density at radius 3 is 2.69 bits per heavy atom. The molecule has 74 valence electrons. The maximum atomic E-state index is 11.2. The smallest absolute Gasteiger partial charge is 0.317 e. The molecule has 2 atom stereocenters. The molecule has 5 heteroatoms. The molecule has 13 heavy (non-hydrogen) atoms. The molecule has 1 rings (SSSR count). The van der Waals surface area contributed by atoms with Crippen LogP contribution in [0.15, 0.2) is 0 Å². The number of esters is 2. The molecule has 4 nitrogen and oxygen atoms in total. The van der Waals surface area contributed by atoms with E-state index in [2.05, 4.69) is 4.74 Å². The molecule has 0 saturated carbocycles. The van der Waals surface area contributed by atoms with Crippen LogP contribution in [0.4, 0.5) is 0 Å². The average molecular weight is 202 g/mol. The van der Waals surface area contributed by atoms with Gasteiger partial charge in [0.15, 0.2) is 9.76 Å². The van der Waals surface area contributed by atoms with Crippen molar-refractivity contribution in [2.24, 2.45) is 5.92 Å². The van der Waals surface area contributed by atoms with E-state index in [-0.39, 0.29) is 23.4 Å². The van der Waals surface area contributed by atoms with E-state index in [1.165, 1.54) is 0 Å². The van der Waals surface area contributed by atoms with Crippen LogP contribution in [0.25, 0.3) is 0 Å². The van der Waals surface area contributed by atoms with Crippen LogP contribution < -0.4 is 0 Å². The number of carbonyl (C=O) groups is 2. The van der Waals surface area contributed by atoms with Crippen molar-refractivity contribution >= 4 is 21.7 Å². The summed E-state index contributed by atoms with van der Waals surface area (Å²) in [5.74, 6) is -0.970. The zero-order valence-electron chi connectivity index (χ0n) is 7.91. The molecule has 1 saturated heterocycles. The zero-order chi connectivity index (χ0) is 9.84. The first-order valence-electron chi connectivity index (χ1n) is 4.45. The predicted molar refractivity (Wildman–Crippen MR) is 48.8 cm³/mol. The van der Waals surface area contributed by atoms with Gasteiger partial charge in [-0.25, -0.2) is 0 Å². The molecule has 0 radical (unpaired) electrons. The van der Waals surface area contributed by atoms with Crippen molar-refractivity contribution < 1.29 is 18.8 Å². The van der Waals surface area contributed by atoms with Gasteiger partial charge in [-0.2, -0.15) is 0 Å². The fourth-order valence-corrected chi connectivity index (χ4v) is 2.81.